The van der Waals surface area contributed by atoms with E-state index in [2.05, 4.69) is 21.2 Å². The lowest BCUT2D eigenvalue weighted by atomic mass is 10.0. The lowest BCUT2D eigenvalue weighted by molar-refractivity contribution is -0.129. The molecule has 0 aliphatic rings. The van der Waals surface area contributed by atoms with E-state index < -0.39 is 23.8 Å². The van der Waals surface area contributed by atoms with Crippen LogP contribution in [0.1, 0.15) is 35.7 Å². The zero-order valence-corrected chi connectivity index (χ0v) is 15.5. The van der Waals surface area contributed by atoms with Gasteiger partial charge in [0.25, 0.3) is 5.91 Å². The van der Waals surface area contributed by atoms with Gasteiger partial charge in [-0.15, -0.1) is 0 Å². The van der Waals surface area contributed by atoms with Crippen LogP contribution >= 0.6 is 15.9 Å². The summed E-state index contributed by atoms with van der Waals surface area (Å²) in [6.07, 6.45) is -0.981. The molecule has 25 heavy (non-hydrogen) atoms. The van der Waals surface area contributed by atoms with Crippen molar-refractivity contribution >= 4 is 27.8 Å². The Balaban J connectivity index is 1.89. The molecular weight excluding hydrogens is 389 g/mol. The summed E-state index contributed by atoms with van der Waals surface area (Å²) in [5.41, 5.74) is 1.15. The Kier molecular flexibility index (Phi) is 6.70. The minimum absolute atomic E-state index is 0.0392. The third-order valence-corrected chi connectivity index (χ3v) is 4.44. The van der Waals surface area contributed by atoms with Crippen LogP contribution in [0.15, 0.2) is 53.0 Å². The molecule has 2 aromatic carbocycles. The standard InChI is InChI=1S/C19H19BrFNO3/c1-12(14-6-4-3-5-7-14)11-22-18(23)13(2)25-19(24)16-10-15(21)8-9-17(16)20/h3-10,12-13H,11H2,1-2H3,(H,22,23)/t12-,13+/m0/s1. The molecule has 0 spiro atoms. The van der Waals surface area contributed by atoms with Gasteiger partial charge in [-0.05, 0) is 52.5 Å². The fourth-order valence-corrected chi connectivity index (χ4v) is 2.64. The number of halogens is 2. The molecule has 2 atom stereocenters. The van der Waals surface area contributed by atoms with Crippen molar-refractivity contribution in [3.8, 4) is 0 Å². The van der Waals surface area contributed by atoms with Crippen molar-refractivity contribution in [2.75, 3.05) is 6.54 Å². The van der Waals surface area contributed by atoms with Crippen molar-refractivity contribution in [1.29, 1.82) is 0 Å². The monoisotopic (exact) mass is 407 g/mol. The number of nitrogens with one attached hydrogen (secondary N) is 1. The Hall–Kier alpha value is -2.21. The van der Waals surface area contributed by atoms with E-state index in [-0.39, 0.29) is 11.5 Å². The number of carbonyl (C=O) groups is 2. The summed E-state index contributed by atoms with van der Waals surface area (Å²) in [5, 5.41) is 2.76. The summed E-state index contributed by atoms with van der Waals surface area (Å²) in [5.74, 6) is -1.58. The number of benzene rings is 2. The van der Waals surface area contributed by atoms with Gasteiger partial charge in [0.05, 0.1) is 5.56 Å². The highest BCUT2D eigenvalue weighted by atomic mass is 79.9. The highest BCUT2D eigenvalue weighted by Gasteiger charge is 2.21. The number of esters is 1. The first kappa shape index (κ1) is 19.1. The number of rotatable bonds is 6. The molecule has 0 heterocycles. The smallest absolute Gasteiger partial charge is 0.340 e. The molecule has 0 aromatic heterocycles. The first-order valence-corrected chi connectivity index (χ1v) is 8.66. The summed E-state index contributed by atoms with van der Waals surface area (Å²) in [7, 11) is 0. The molecule has 0 aliphatic heterocycles. The quantitative estimate of drug-likeness (QED) is 0.734. The SMILES string of the molecule is C[C@@H](OC(=O)c1cc(F)ccc1Br)C(=O)NC[C@H](C)c1ccccc1. The Morgan fingerprint density at radius 3 is 2.52 bits per heavy atom. The number of hydrogen-bond donors (Lipinski definition) is 1. The molecule has 1 amide bonds. The van der Waals surface area contributed by atoms with Gasteiger partial charge in [0, 0.05) is 11.0 Å². The topological polar surface area (TPSA) is 55.4 Å². The Morgan fingerprint density at radius 1 is 1.16 bits per heavy atom. The first-order chi connectivity index (χ1) is 11.9. The fraction of sp³-hybridized carbons (Fsp3) is 0.263. The van der Waals surface area contributed by atoms with E-state index in [1.165, 1.54) is 19.1 Å². The number of amides is 1. The van der Waals surface area contributed by atoms with Gasteiger partial charge in [-0.1, -0.05) is 37.3 Å². The second-order valence-electron chi connectivity index (χ2n) is 5.73. The van der Waals surface area contributed by atoms with Gasteiger partial charge in [0.1, 0.15) is 5.82 Å². The average Bonchev–Trinajstić information content (AvgIpc) is 2.61. The van der Waals surface area contributed by atoms with Crippen LogP contribution in [0.2, 0.25) is 0 Å². The van der Waals surface area contributed by atoms with Crippen molar-refractivity contribution in [3.63, 3.8) is 0 Å². The van der Waals surface area contributed by atoms with Crippen molar-refractivity contribution in [3.05, 3.63) is 69.9 Å². The lowest BCUT2D eigenvalue weighted by Gasteiger charge is -2.17. The van der Waals surface area contributed by atoms with E-state index in [0.717, 1.165) is 11.6 Å². The van der Waals surface area contributed by atoms with Crippen molar-refractivity contribution in [1.82, 2.24) is 5.32 Å². The summed E-state index contributed by atoms with van der Waals surface area (Å²) in [6.45, 7) is 3.90. The number of hydrogen-bond acceptors (Lipinski definition) is 3. The van der Waals surface area contributed by atoms with Crippen LogP contribution in [0.4, 0.5) is 4.39 Å². The predicted molar refractivity (Wildman–Crippen MR) is 96.8 cm³/mol. The fourth-order valence-electron chi connectivity index (χ4n) is 2.23. The molecule has 0 saturated carbocycles. The van der Waals surface area contributed by atoms with Gasteiger partial charge in [-0.25, -0.2) is 9.18 Å². The van der Waals surface area contributed by atoms with Crippen LogP contribution in [0, 0.1) is 5.82 Å². The van der Waals surface area contributed by atoms with Crippen LogP contribution in [0.25, 0.3) is 0 Å². The maximum atomic E-state index is 13.3. The lowest BCUT2D eigenvalue weighted by Crippen LogP contribution is -2.37. The maximum absolute atomic E-state index is 13.3. The molecule has 0 aliphatic carbocycles. The second-order valence-corrected chi connectivity index (χ2v) is 6.58. The highest BCUT2D eigenvalue weighted by Crippen LogP contribution is 2.19. The average molecular weight is 408 g/mol. The van der Waals surface area contributed by atoms with Gasteiger partial charge in [0.2, 0.25) is 0 Å². The maximum Gasteiger partial charge on any atom is 0.340 e. The minimum atomic E-state index is -0.981. The van der Waals surface area contributed by atoms with Gasteiger partial charge in [-0.3, -0.25) is 4.79 Å². The van der Waals surface area contributed by atoms with Gasteiger partial charge in [-0.2, -0.15) is 0 Å². The Labute approximate surface area is 154 Å². The molecule has 2 rings (SSSR count). The molecule has 4 nitrogen and oxygen atoms in total. The van der Waals surface area contributed by atoms with Gasteiger partial charge in [0.15, 0.2) is 6.10 Å². The molecule has 0 unspecified atom stereocenters. The Morgan fingerprint density at radius 2 is 1.84 bits per heavy atom. The van der Waals surface area contributed by atoms with Crippen molar-refractivity contribution < 1.29 is 18.7 Å². The van der Waals surface area contributed by atoms with Crippen molar-refractivity contribution in [2.45, 2.75) is 25.9 Å². The molecular formula is C19H19BrFNO3. The summed E-state index contributed by atoms with van der Waals surface area (Å²) < 4.78 is 18.8. The molecule has 2 aromatic rings. The summed E-state index contributed by atoms with van der Waals surface area (Å²) in [6, 6.07) is 13.5. The first-order valence-electron chi connectivity index (χ1n) is 7.87. The van der Waals surface area contributed by atoms with E-state index >= 15 is 0 Å². The zero-order chi connectivity index (χ0) is 18.4. The van der Waals surface area contributed by atoms with Gasteiger partial charge < -0.3 is 10.1 Å². The largest absolute Gasteiger partial charge is 0.449 e. The van der Waals surface area contributed by atoms with Crippen LogP contribution in [-0.2, 0) is 9.53 Å². The van der Waals surface area contributed by atoms with Crippen LogP contribution in [-0.4, -0.2) is 24.5 Å². The van der Waals surface area contributed by atoms with Crippen molar-refractivity contribution in [2.24, 2.45) is 0 Å². The normalized spacial score (nSPS) is 13.0. The molecule has 0 bridgehead atoms. The molecule has 0 saturated heterocycles. The summed E-state index contributed by atoms with van der Waals surface area (Å²) >= 11 is 3.17. The van der Waals surface area contributed by atoms with E-state index in [1.54, 1.807) is 0 Å². The van der Waals surface area contributed by atoms with Crippen LogP contribution < -0.4 is 5.32 Å². The molecule has 1 N–H and O–H groups in total. The molecule has 0 radical (unpaired) electrons. The van der Waals surface area contributed by atoms with Crippen LogP contribution in [0.5, 0.6) is 0 Å². The van der Waals surface area contributed by atoms with E-state index in [4.69, 9.17) is 4.74 Å². The third-order valence-electron chi connectivity index (χ3n) is 3.75. The molecule has 132 valence electrons. The second kappa shape index (κ2) is 8.76. The molecule has 0 fully saturated rings. The van der Waals surface area contributed by atoms with Gasteiger partial charge >= 0.3 is 5.97 Å². The number of carbonyl (C=O) groups excluding carboxylic acids is 2. The zero-order valence-electron chi connectivity index (χ0n) is 14.0. The van der Waals surface area contributed by atoms with E-state index in [1.807, 2.05) is 37.3 Å². The minimum Gasteiger partial charge on any atom is -0.449 e. The van der Waals surface area contributed by atoms with E-state index in [9.17, 15) is 14.0 Å². The Bertz CT molecular complexity index is 752. The third kappa shape index (κ3) is 5.39. The molecule has 6 heteroatoms. The number of ether oxygens (including phenoxy) is 1. The summed E-state index contributed by atoms with van der Waals surface area (Å²) in [4.78, 5) is 24.2. The van der Waals surface area contributed by atoms with Crippen LogP contribution in [0.3, 0.4) is 0 Å². The highest BCUT2D eigenvalue weighted by molar-refractivity contribution is 9.10. The van der Waals surface area contributed by atoms with E-state index in [0.29, 0.717) is 11.0 Å². The predicted octanol–water partition coefficient (Wildman–Crippen LogP) is 4.05.